The second-order valence-corrected chi connectivity index (χ2v) is 7.11. The van der Waals surface area contributed by atoms with E-state index in [9.17, 15) is 10.1 Å². The lowest BCUT2D eigenvalue weighted by molar-refractivity contribution is -0.113. The molecule has 30 heavy (non-hydrogen) atoms. The molecule has 1 amide bonds. The molecule has 0 bridgehead atoms. The third kappa shape index (κ3) is 3.63. The minimum Gasteiger partial charge on any atom is -0.469 e. The molecule has 0 aliphatic heterocycles. The number of furan rings is 1. The van der Waals surface area contributed by atoms with E-state index in [4.69, 9.17) is 10.3 Å². The van der Waals surface area contributed by atoms with Crippen LogP contribution in [0.4, 0.5) is 5.82 Å². The average Bonchev–Trinajstić information content (AvgIpc) is 3.46. The summed E-state index contributed by atoms with van der Waals surface area (Å²) in [5.74, 6) is 7.17. The number of carbonyl (C=O) groups excluding carboxylic acids is 1. The first-order valence-electron chi connectivity index (χ1n) is 8.79. The summed E-state index contributed by atoms with van der Waals surface area (Å²) in [6.45, 7) is 1.80. The SMILES string of the molecule is Cc1occc1-c1nnc(SCC(=O)Nc2c(C#N)cnn2-c2ccccc2)n1N. The molecule has 0 saturated carbocycles. The average molecular weight is 420 g/mol. The predicted octanol–water partition coefficient (Wildman–Crippen LogP) is 2.35. The number of aryl methyl sites for hydroxylation is 1. The summed E-state index contributed by atoms with van der Waals surface area (Å²) in [4.78, 5) is 12.5. The normalized spacial score (nSPS) is 10.7. The van der Waals surface area contributed by atoms with Crippen molar-refractivity contribution in [2.24, 2.45) is 0 Å². The zero-order chi connectivity index (χ0) is 21.1. The monoisotopic (exact) mass is 420 g/mol. The zero-order valence-electron chi connectivity index (χ0n) is 15.8. The van der Waals surface area contributed by atoms with E-state index in [1.54, 1.807) is 19.3 Å². The van der Waals surface area contributed by atoms with Gasteiger partial charge in [0, 0.05) is 0 Å². The molecule has 4 aromatic rings. The molecular formula is C19H16N8O2S. The molecule has 0 unspecified atom stereocenters. The van der Waals surface area contributed by atoms with E-state index in [0.29, 0.717) is 22.6 Å². The lowest BCUT2D eigenvalue weighted by Crippen LogP contribution is -2.19. The fourth-order valence-corrected chi connectivity index (χ4v) is 3.45. The van der Waals surface area contributed by atoms with Crippen LogP contribution in [0.5, 0.6) is 0 Å². The van der Waals surface area contributed by atoms with Gasteiger partial charge in [0.05, 0.1) is 29.5 Å². The van der Waals surface area contributed by atoms with Crippen molar-refractivity contribution in [1.82, 2.24) is 24.7 Å². The summed E-state index contributed by atoms with van der Waals surface area (Å²) in [7, 11) is 0. The fraction of sp³-hybridized carbons (Fsp3) is 0.105. The van der Waals surface area contributed by atoms with Gasteiger partial charge in [-0.1, -0.05) is 30.0 Å². The Morgan fingerprint density at radius 3 is 2.80 bits per heavy atom. The van der Waals surface area contributed by atoms with Gasteiger partial charge in [-0.2, -0.15) is 10.4 Å². The highest BCUT2D eigenvalue weighted by Gasteiger charge is 2.18. The van der Waals surface area contributed by atoms with Crippen molar-refractivity contribution >= 4 is 23.5 Å². The number of benzene rings is 1. The topological polar surface area (TPSA) is 141 Å². The van der Waals surface area contributed by atoms with Crippen molar-refractivity contribution in [3.63, 3.8) is 0 Å². The Kier molecular flexibility index (Phi) is 5.23. The zero-order valence-corrected chi connectivity index (χ0v) is 16.6. The number of anilines is 1. The molecule has 150 valence electrons. The Hall–Kier alpha value is -4.04. The van der Waals surface area contributed by atoms with E-state index < -0.39 is 0 Å². The molecule has 4 rings (SSSR count). The molecule has 0 aliphatic carbocycles. The molecule has 0 aliphatic rings. The molecule has 0 radical (unpaired) electrons. The molecule has 3 N–H and O–H groups in total. The minimum atomic E-state index is -0.335. The van der Waals surface area contributed by atoms with Crippen LogP contribution in [0.15, 0.2) is 58.4 Å². The molecule has 0 fully saturated rings. The third-order valence-electron chi connectivity index (χ3n) is 4.24. The van der Waals surface area contributed by atoms with Crippen LogP contribution in [0, 0.1) is 18.3 Å². The number of nitrogen functional groups attached to an aromatic ring is 1. The van der Waals surface area contributed by atoms with E-state index in [-0.39, 0.29) is 17.2 Å². The highest BCUT2D eigenvalue weighted by Crippen LogP contribution is 2.25. The minimum absolute atomic E-state index is 0.0184. The van der Waals surface area contributed by atoms with Gasteiger partial charge in [0.25, 0.3) is 0 Å². The molecule has 3 heterocycles. The van der Waals surface area contributed by atoms with Crippen molar-refractivity contribution in [2.45, 2.75) is 12.1 Å². The van der Waals surface area contributed by atoms with Crippen molar-refractivity contribution in [3.8, 4) is 23.1 Å². The maximum atomic E-state index is 12.5. The van der Waals surface area contributed by atoms with Crippen LogP contribution in [0.2, 0.25) is 0 Å². The number of rotatable bonds is 6. The Balaban J connectivity index is 1.48. The first-order valence-corrected chi connectivity index (χ1v) is 9.78. The van der Waals surface area contributed by atoms with E-state index in [1.165, 1.54) is 15.6 Å². The van der Waals surface area contributed by atoms with Gasteiger partial charge in [-0.25, -0.2) is 9.36 Å². The van der Waals surface area contributed by atoms with Gasteiger partial charge in [-0.15, -0.1) is 10.2 Å². The van der Waals surface area contributed by atoms with Crippen LogP contribution < -0.4 is 11.2 Å². The van der Waals surface area contributed by atoms with Gasteiger partial charge in [-0.3, -0.25) is 4.79 Å². The number of hydrogen-bond acceptors (Lipinski definition) is 8. The molecule has 1 aromatic carbocycles. The van der Waals surface area contributed by atoms with Crippen LogP contribution in [-0.2, 0) is 4.79 Å². The highest BCUT2D eigenvalue weighted by atomic mass is 32.2. The van der Waals surface area contributed by atoms with E-state index in [2.05, 4.69) is 20.6 Å². The standard InChI is InChI=1S/C19H16N8O2S/c1-12-15(7-8-29-12)18-24-25-19(26(18)21)30-11-16(28)23-17-13(9-20)10-22-27(17)14-5-3-2-4-6-14/h2-8,10H,11,21H2,1H3,(H,23,28). The number of nitriles is 1. The molecular weight excluding hydrogens is 404 g/mol. The van der Waals surface area contributed by atoms with Crippen LogP contribution in [-0.4, -0.2) is 36.3 Å². The van der Waals surface area contributed by atoms with Gasteiger partial charge in [0.1, 0.15) is 17.4 Å². The van der Waals surface area contributed by atoms with Gasteiger partial charge in [-0.05, 0) is 25.1 Å². The van der Waals surface area contributed by atoms with Crippen molar-refractivity contribution in [2.75, 3.05) is 16.9 Å². The number of hydrogen-bond donors (Lipinski definition) is 2. The molecule has 0 atom stereocenters. The number of nitrogens with one attached hydrogen (secondary N) is 1. The van der Waals surface area contributed by atoms with Crippen LogP contribution in [0.3, 0.4) is 0 Å². The lowest BCUT2D eigenvalue weighted by atomic mass is 10.2. The van der Waals surface area contributed by atoms with Gasteiger partial charge >= 0.3 is 0 Å². The van der Waals surface area contributed by atoms with Crippen molar-refractivity contribution in [3.05, 3.63) is 60.2 Å². The second-order valence-electron chi connectivity index (χ2n) is 6.17. The number of thioether (sulfide) groups is 1. The van der Waals surface area contributed by atoms with Gasteiger partial charge in [0.2, 0.25) is 11.1 Å². The summed E-state index contributed by atoms with van der Waals surface area (Å²) in [6.07, 6.45) is 2.95. The van der Waals surface area contributed by atoms with Crippen LogP contribution in [0.1, 0.15) is 11.3 Å². The number of nitrogens with two attached hydrogens (primary N) is 1. The number of amides is 1. The summed E-state index contributed by atoms with van der Waals surface area (Å²) >= 11 is 1.13. The van der Waals surface area contributed by atoms with Gasteiger partial charge in [0.15, 0.2) is 11.6 Å². The summed E-state index contributed by atoms with van der Waals surface area (Å²) in [6, 6.07) is 13.0. The number of para-hydroxylation sites is 1. The van der Waals surface area contributed by atoms with Crippen LogP contribution in [0.25, 0.3) is 17.1 Å². The molecule has 0 saturated heterocycles. The Morgan fingerprint density at radius 2 is 2.10 bits per heavy atom. The predicted molar refractivity (Wildman–Crippen MR) is 110 cm³/mol. The van der Waals surface area contributed by atoms with E-state index >= 15 is 0 Å². The van der Waals surface area contributed by atoms with Crippen molar-refractivity contribution in [1.29, 1.82) is 5.26 Å². The Labute approximate surface area is 175 Å². The summed E-state index contributed by atoms with van der Waals surface area (Å²) in [5, 5.41) is 24.8. The van der Waals surface area contributed by atoms with E-state index in [1.807, 2.05) is 36.4 Å². The fourth-order valence-electron chi connectivity index (χ4n) is 2.79. The van der Waals surface area contributed by atoms with E-state index in [0.717, 1.165) is 23.0 Å². The smallest absolute Gasteiger partial charge is 0.236 e. The van der Waals surface area contributed by atoms with Gasteiger partial charge < -0.3 is 15.6 Å². The third-order valence-corrected chi connectivity index (χ3v) is 5.19. The van der Waals surface area contributed by atoms with Crippen molar-refractivity contribution < 1.29 is 9.21 Å². The largest absolute Gasteiger partial charge is 0.469 e. The summed E-state index contributed by atoms with van der Waals surface area (Å²) in [5.41, 5.74) is 1.72. The maximum absolute atomic E-state index is 12.5. The second kappa shape index (κ2) is 8.14. The maximum Gasteiger partial charge on any atom is 0.236 e. The molecule has 11 heteroatoms. The number of aromatic nitrogens is 5. The first-order chi connectivity index (χ1) is 14.6. The first kappa shape index (κ1) is 19.3. The Morgan fingerprint density at radius 1 is 1.30 bits per heavy atom. The summed E-state index contributed by atoms with van der Waals surface area (Å²) < 4.78 is 8.08. The Bertz CT molecular complexity index is 1240. The molecule has 3 aromatic heterocycles. The molecule has 0 spiro atoms. The quantitative estimate of drug-likeness (QED) is 0.358. The molecule has 10 nitrogen and oxygen atoms in total. The number of carbonyl (C=O) groups is 1. The lowest BCUT2D eigenvalue weighted by Gasteiger charge is -2.09. The highest BCUT2D eigenvalue weighted by molar-refractivity contribution is 7.99. The number of nitrogens with zero attached hydrogens (tertiary/aromatic N) is 6. The van der Waals surface area contributed by atoms with Crippen LogP contribution >= 0.6 is 11.8 Å².